The molecule has 2 aromatic rings. The smallest absolute Gasteiger partial charge is 0.169 e. The minimum absolute atomic E-state index is 0.579. The van der Waals surface area contributed by atoms with E-state index in [0.717, 1.165) is 37.5 Å². The first kappa shape index (κ1) is 12.6. The van der Waals surface area contributed by atoms with E-state index in [1.54, 1.807) is 0 Å². The Morgan fingerprint density at radius 1 is 0.905 bits per heavy atom. The first-order valence-corrected chi connectivity index (χ1v) is 7.53. The van der Waals surface area contributed by atoms with E-state index in [2.05, 4.69) is 48.2 Å². The van der Waals surface area contributed by atoms with Gasteiger partial charge in [-0.05, 0) is 37.5 Å². The fourth-order valence-corrected chi connectivity index (χ4v) is 3.03. The number of rotatable bonds is 1. The lowest BCUT2D eigenvalue weighted by Crippen LogP contribution is -2.32. The summed E-state index contributed by atoms with van der Waals surface area (Å²) < 4.78 is 11.9. The summed E-state index contributed by atoms with van der Waals surface area (Å²) in [5, 5.41) is 0. The van der Waals surface area contributed by atoms with Crippen molar-refractivity contribution in [2.24, 2.45) is 0 Å². The van der Waals surface area contributed by atoms with Crippen molar-refractivity contribution in [1.82, 2.24) is 0 Å². The van der Waals surface area contributed by atoms with Crippen molar-refractivity contribution in [1.29, 1.82) is 0 Å². The molecule has 0 aromatic heterocycles. The Hall–Kier alpha value is -2.16. The molecule has 0 radical (unpaired) electrons. The van der Waals surface area contributed by atoms with Gasteiger partial charge in [0.1, 0.15) is 0 Å². The molecule has 0 saturated heterocycles. The molecule has 0 N–H and O–H groups in total. The lowest BCUT2D eigenvalue weighted by atomic mass is 10.0. The van der Waals surface area contributed by atoms with Crippen LogP contribution in [-0.2, 0) is 13.0 Å². The van der Waals surface area contributed by atoms with Crippen molar-refractivity contribution < 1.29 is 9.47 Å². The fraction of sp³-hybridized carbons (Fsp3) is 0.333. The van der Waals surface area contributed by atoms with Crippen LogP contribution in [0.4, 0.5) is 5.69 Å². The first-order chi connectivity index (χ1) is 10.3. The van der Waals surface area contributed by atoms with Crippen LogP contribution in [-0.4, -0.2) is 13.3 Å². The molecule has 0 amide bonds. The molecule has 0 spiro atoms. The van der Waals surface area contributed by atoms with Crippen molar-refractivity contribution in [3.05, 3.63) is 53.1 Å². The number of anilines is 1. The average molecular weight is 281 g/mol. The van der Waals surface area contributed by atoms with E-state index in [9.17, 15) is 0 Å². The summed E-state index contributed by atoms with van der Waals surface area (Å²) in [5.41, 5.74) is 4.97. The van der Waals surface area contributed by atoms with Gasteiger partial charge >= 0.3 is 0 Å². The molecular weight excluding hydrogens is 262 g/mol. The highest BCUT2D eigenvalue weighted by atomic mass is 16.5. The normalized spacial score (nSPS) is 16.5. The van der Waals surface area contributed by atoms with Gasteiger partial charge < -0.3 is 14.4 Å². The van der Waals surface area contributed by atoms with Gasteiger partial charge in [0, 0.05) is 17.8 Å². The lowest BCUT2D eigenvalue weighted by molar-refractivity contribution is 0.238. The number of ether oxygens (including phenoxy) is 2. The first-order valence-electron chi connectivity index (χ1n) is 7.53. The highest BCUT2D eigenvalue weighted by Crippen LogP contribution is 2.41. The molecule has 2 aliphatic rings. The van der Waals surface area contributed by atoms with E-state index < -0.39 is 0 Å². The largest absolute Gasteiger partial charge is 0.489 e. The summed E-state index contributed by atoms with van der Waals surface area (Å²) in [6.45, 7) is 4.36. The zero-order valence-corrected chi connectivity index (χ0v) is 12.3. The predicted molar refractivity (Wildman–Crippen MR) is 83.1 cm³/mol. The third kappa shape index (κ3) is 2.23. The van der Waals surface area contributed by atoms with E-state index in [4.69, 9.17) is 9.47 Å². The minimum Gasteiger partial charge on any atom is -0.489 e. The maximum absolute atomic E-state index is 6.02. The molecule has 2 aliphatic heterocycles. The van der Waals surface area contributed by atoms with Crippen LogP contribution in [0.1, 0.15) is 23.1 Å². The molecule has 0 saturated carbocycles. The number of hydrogen-bond donors (Lipinski definition) is 0. The molecule has 108 valence electrons. The zero-order chi connectivity index (χ0) is 14.2. The van der Waals surface area contributed by atoms with Gasteiger partial charge in [0.15, 0.2) is 18.2 Å². The van der Waals surface area contributed by atoms with Gasteiger partial charge in [-0.3, -0.25) is 0 Å². The molecular formula is C18H19NO2. The Kier molecular flexibility index (Phi) is 2.99. The summed E-state index contributed by atoms with van der Waals surface area (Å²) in [4.78, 5) is 2.25. The molecule has 0 fully saturated rings. The SMILES string of the molecule is Cc1ccc(N2COc3c(ccc4c3OCCC4)C2)cc1. The molecule has 21 heavy (non-hydrogen) atoms. The lowest BCUT2D eigenvalue weighted by Gasteiger charge is -2.33. The number of hydrogen-bond acceptors (Lipinski definition) is 3. The van der Waals surface area contributed by atoms with E-state index >= 15 is 0 Å². The summed E-state index contributed by atoms with van der Waals surface area (Å²) in [7, 11) is 0. The van der Waals surface area contributed by atoms with Crippen molar-refractivity contribution in [2.75, 3.05) is 18.2 Å². The molecule has 2 heterocycles. The Balaban J connectivity index is 1.65. The summed E-state index contributed by atoms with van der Waals surface area (Å²) in [6.07, 6.45) is 2.19. The molecule has 0 unspecified atom stereocenters. The molecule has 3 nitrogen and oxygen atoms in total. The Morgan fingerprint density at radius 3 is 2.52 bits per heavy atom. The van der Waals surface area contributed by atoms with E-state index in [-0.39, 0.29) is 0 Å². The fourth-order valence-electron chi connectivity index (χ4n) is 3.03. The van der Waals surface area contributed by atoms with Crippen LogP contribution in [0.25, 0.3) is 0 Å². The van der Waals surface area contributed by atoms with Gasteiger partial charge in [0.05, 0.1) is 6.61 Å². The van der Waals surface area contributed by atoms with Crippen LogP contribution < -0.4 is 14.4 Å². The number of fused-ring (bicyclic) bond motifs is 3. The molecule has 2 aromatic carbocycles. The average Bonchev–Trinajstić information content (AvgIpc) is 2.55. The molecule has 3 heteroatoms. The van der Waals surface area contributed by atoms with Gasteiger partial charge in [-0.15, -0.1) is 0 Å². The van der Waals surface area contributed by atoms with E-state index in [1.165, 1.54) is 22.4 Å². The van der Waals surface area contributed by atoms with E-state index in [1.807, 2.05) is 0 Å². The minimum atomic E-state index is 0.579. The maximum atomic E-state index is 6.02. The molecule has 0 bridgehead atoms. The van der Waals surface area contributed by atoms with Crippen LogP contribution in [0.2, 0.25) is 0 Å². The predicted octanol–water partition coefficient (Wildman–Crippen LogP) is 3.68. The van der Waals surface area contributed by atoms with Crippen molar-refractivity contribution in [2.45, 2.75) is 26.3 Å². The summed E-state index contributed by atoms with van der Waals surface area (Å²) >= 11 is 0. The van der Waals surface area contributed by atoms with Gasteiger partial charge in [-0.25, -0.2) is 0 Å². The number of benzene rings is 2. The van der Waals surface area contributed by atoms with Gasteiger partial charge in [-0.2, -0.15) is 0 Å². The second-order valence-corrected chi connectivity index (χ2v) is 5.80. The molecule has 0 aliphatic carbocycles. The van der Waals surface area contributed by atoms with Crippen molar-refractivity contribution in [3.63, 3.8) is 0 Å². The van der Waals surface area contributed by atoms with Crippen molar-refractivity contribution in [3.8, 4) is 11.5 Å². The number of aryl methyl sites for hydroxylation is 2. The Morgan fingerprint density at radius 2 is 1.67 bits per heavy atom. The van der Waals surface area contributed by atoms with Gasteiger partial charge in [0.2, 0.25) is 0 Å². The Bertz CT molecular complexity index is 664. The summed E-state index contributed by atoms with van der Waals surface area (Å²) in [6, 6.07) is 13.0. The zero-order valence-electron chi connectivity index (χ0n) is 12.3. The highest BCUT2D eigenvalue weighted by Gasteiger charge is 2.24. The van der Waals surface area contributed by atoms with Crippen LogP contribution in [0.5, 0.6) is 11.5 Å². The number of nitrogens with zero attached hydrogens (tertiary/aromatic N) is 1. The molecule has 0 atom stereocenters. The third-order valence-corrected chi connectivity index (χ3v) is 4.24. The standard InChI is InChI=1S/C18H19NO2/c1-13-4-8-16(9-5-13)19-11-15-7-6-14-3-2-10-20-17(14)18(15)21-12-19/h4-9H,2-3,10-12H2,1H3. The van der Waals surface area contributed by atoms with Crippen LogP contribution >= 0.6 is 0 Å². The monoisotopic (exact) mass is 281 g/mol. The van der Waals surface area contributed by atoms with Crippen molar-refractivity contribution >= 4 is 5.69 Å². The topological polar surface area (TPSA) is 21.7 Å². The van der Waals surface area contributed by atoms with Crippen LogP contribution in [0.3, 0.4) is 0 Å². The highest BCUT2D eigenvalue weighted by molar-refractivity contribution is 5.57. The maximum Gasteiger partial charge on any atom is 0.169 e. The third-order valence-electron chi connectivity index (χ3n) is 4.24. The van der Waals surface area contributed by atoms with Crippen LogP contribution in [0, 0.1) is 6.92 Å². The quantitative estimate of drug-likeness (QED) is 0.796. The Labute approximate surface area is 125 Å². The molecule has 4 rings (SSSR count). The van der Waals surface area contributed by atoms with E-state index in [0.29, 0.717) is 6.73 Å². The van der Waals surface area contributed by atoms with Crippen LogP contribution in [0.15, 0.2) is 36.4 Å². The van der Waals surface area contributed by atoms with Gasteiger partial charge in [0.25, 0.3) is 0 Å². The second-order valence-electron chi connectivity index (χ2n) is 5.80. The summed E-state index contributed by atoms with van der Waals surface area (Å²) in [5.74, 6) is 1.93. The van der Waals surface area contributed by atoms with Gasteiger partial charge in [-0.1, -0.05) is 29.8 Å². The second kappa shape index (κ2) is 4.99.